The molecule has 6 rings (SSSR count). The van der Waals surface area contributed by atoms with Crippen LogP contribution in [0.15, 0.2) is 87.1 Å². The minimum Gasteiger partial charge on any atom is -0.469 e. The van der Waals surface area contributed by atoms with E-state index in [0.717, 1.165) is 23.5 Å². The third-order valence-corrected chi connectivity index (χ3v) is 5.36. The standard InChI is InChI=1S/C13H9F2NO.C13H7F2NO.CH4/c2*14-8-1-2-9(11(15)7-8)13-10-4-6-17-12(10)3-5-16-13;/h1-2,4,6-7H,3,5H2;1-7H;1H4. The number of halogens is 4. The van der Waals surface area contributed by atoms with E-state index >= 15 is 0 Å². The van der Waals surface area contributed by atoms with E-state index in [4.69, 9.17) is 8.83 Å². The molecule has 178 valence electrons. The van der Waals surface area contributed by atoms with E-state index in [2.05, 4.69) is 9.98 Å². The van der Waals surface area contributed by atoms with Crippen LogP contribution >= 0.6 is 0 Å². The molecular weight excluding hydrogens is 460 g/mol. The van der Waals surface area contributed by atoms with Crippen LogP contribution < -0.4 is 0 Å². The number of hydrogen-bond donors (Lipinski definition) is 0. The Morgan fingerprint density at radius 2 is 1.40 bits per heavy atom. The Morgan fingerprint density at radius 1 is 0.714 bits per heavy atom. The molecule has 35 heavy (non-hydrogen) atoms. The van der Waals surface area contributed by atoms with Crippen LogP contribution in [0.1, 0.15) is 24.3 Å². The number of hydrogen-bond acceptors (Lipinski definition) is 4. The largest absolute Gasteiger partial charge is 0.469 e. The molecule has 0 aliphatic carbocycles. The van der Waals surface area contributed by atoms with Gasteiger partial charge in [0.25, 0.3) is 0 Å². The number of aromatic nitrogens is 1. The molecule has 0 atom stereocenters. The number of pyridine rings is 1. The van der Waals surface area contributed by atoms with Crippen LogP contribution in [0.5, 0.6) is 0 Å². The van der Waals surface area contributed by atoms with Crippen molar-refractivity contribution in [1.82, 2.24) is 4.98 Å². The zero-order valence-corrected chi connectivity index (χ0v) is 17.6. The summed E-state index contributed by atoms with van der Waals surface area (Å²) in [6, 6.07) is 12.1. The summed E-state index contributed by atoms with van der Waals surface area (Å²) in [4.78, 5) is 8.42. The van der Waals surface area contributed by atoms with E-state index in [-0.39, 0.29) is 13.0 Å². The van der Waals surface area contributed by atoms with Gasteiger partial charge in [-0.05, 0) is 42.5 Å². The van der Waals surface area contributed by atoms with Crippen LogP contribution in [0.25, 0.3) is 22.2 Å². The SMILES string of the molecule is C.Fc1ccc(-c2nccc3occc23)c(F)c1.Fc1ccc(C2=NCCc3occc32)c(F)c1. The van der Waals surface area contributed by atoms with Crippen molar-refractivity contribution in [2.24, 2.45) is 4.99 Å². The first-order valence-corrected chi connectivity index (χ1v) is 10.4. The van der Waals surface area contributed by atoms with Gasteiger partial charge >= 0.3 is 0 Å². The zero-order chi connectivity index (χ0) is 23.7. The summed E-state index contributed by atoms with van der Waals surface area (Å²) >= 11 is 0. The lowest BCUT2D eigenvalue weighted by Gasteiger charge is -2.12. The summed E-state index contributed by atoms with van der Waals surface area (Å²) in [5.74, 6) is -1.62. The molecule has 0 spiro atoms. The Hall–Kier alpha value is -4.20. The van der Waals surface area contributed by atoms with Gasteiger partial charge in [-0.25, -0.2) is 17.6 Å². The maximum atomic E-state index is 13.7. The first kappa shape index (κ1) is 23.9. The summed E-state index contributed by atoms with van der Waals surface area (Å²) < 4.78 is 63.5. The predicted octanol–water partition coefficient (Wildman–Crippen LogP) is 7.36. The smallest absolute Gasteiger partial charge is 0.137 e. The Kier molecular flexibility index (Phi) is 6.82. The molecule has 0 unspecified atom stereocenters. The average Bonchev–Trinajstić information content (AvgIpc) is 3.49. The molecule has 5 aromatic rings. The molecule has 0 saturated carbocycles. The number of aliphatic imine (C=N–C) groups is 1. The van der Waals surface area contributed by atoms with Gasteiger partial charge in [-0.3, -0.25) is 9.98 Å². The molecule has 0 radical (unpaired) electrons. The highest BCUT2D eigenvalue weighted by Gasteiger charge is 2.21. The van der Waals surface area contributed by atoms with Gasteiger partial charge in [0.1, 0.15) is 34.6 Å². The fraction of sp³-hybridized carbons (Fsp3) is 0.111. The number of furan rings is 2. The van der Waals surface area contributed by atoms with Gasteiger partial charge in [0.2, 0.25) is 0 Å². The number of nitrogens with zero attached hydrogens (tertiary/aromatic N) is 2. The number of fused-ring (bicyclic) bond motifs is 2. The van der Waals surface area contributed by atoms with E-state index in [1.165, 1.54) is 36.7 Å². The van der Waals surface area contributed by atoms with Crippen molar-refractivity contribution >= 4 is 16.7 Å². The van der Waals surface area contributed by atoms with Gasteiger partial charge < -0.3 is 8.83 Å². The Bertz CT molecular complexity index is 1520. The van der Waals surface area contributed by atoms with Gasteiger partial charge in [-0.1, -0.05) is 7.43 Å². The van der Waals surface area contributed by atoms with Gasteiger partial charge in [-0.15, -0.1) is 0 Å². The Labute approximate surface area is 198 Å². The van der Waals surface area contributed by atoms with Crippen molar-refractivity contribution in [2.75, 3.05) is 6.54 Å². The predicted molar refractivity (Wildman–Crippen MR) is 125 cm³/mol. The highest BCUT2D eigenvalue weighted by molar-refractivity contribution is 6.14. The molecular formula is C27H20F4N2O2. The minimum absolute atomic E-state index is 0. The van der Waals surface area contributed by atoms with Crippen molar-refractivity contribution in [1.29, 1.82) is 0 Å². The van der Waals surface area contributed by atoms with E-state index in [0.29, 0.717) is 40.9 Å². The maximum Gasteiger partial charge on any atom is 0.137 e. The summed E-state index contributed by atoms with van der Waals surface area (Å²) in [5.41, 5.74) is 2.99. The lowest BCUT2D eigenvalue weighted by atomic mass is 9.99. The number of benzene rings is 2. The first-order chi connectivity index (χ1) is 16.5. The fourth-order valence-corrected chi connectivity index (χ4v) is 3.80. The highest BCUT2D eigenvalue weighted by atomic mass is 19.1. The van der Waals surface area contributed by atoms with Crippen molar-refractivity contribution in [3.63, 3.8) is 0 Å². The molecule has 4 heterocycles. The molecule has 4 nitrogen and oxygen atoms in total. The van der Waals surface area contributed by atoms with Gasteiger partial charge in [0, 0.05) is 53.4 Å². The summed E-state index contributed by atoms with van der Waals surface area (Å²) in [6.45, 7) is 0.562. The molecule has 8 heteroatoms. The molecule has 2 aromatic carbocycles. The van der Waals surface area contributed by atoms with Crippen LogP contribution in [-0.2, 0) is 6.42 Å². The summed E-state index contributed by atoms with van der Waals surface area (Å²) in [6.07, 6.45) is 5.32. The Balaban J connectivity index is 0.000000160. The quantitative estimate of drug-likeness (QED) is 0.248. The summed E-state index contributed by atoms with van der Waals surface area (Å²) in [5, 5.41) is 0.706. The van der Waals surface area contributed by atoms with Crippen LogP contribution in [0.4, 0.5) is 17.6 Å². The van der Waals surface area contributed by atoms with Crippen molar-refractivity contribution in [3.05, 3.63) is 113 Å². The van der Waals surface area contributed by atoms with E-state index in [1.54, 1.807) is 24.5 Å². The van der Waals surface area contributed by atoms with Crippen LogP contribution in [0.3, 0.4) is 0 Å². The second-order valence-electron chi connectivity index (χ2n) is 7.48. The van der Waals surface area contributed by atoms with Crippen LogP contribution in [0.2, 0.25) is 0 Å². The fourth-order valence-electron chi connectivity index (χ4n) is 3.80. The molecule has 0 saturated heterocycles. The van der Waals surface area contributed by atoms with Crippen molar-refractivity contribution < 1.29 is 26.4 Å². The molecule has 0 fully saturated rings. The monoisotopic (exact) mass is 480 g/mol. The van der Waals surface area contributed by atoms with Gasteiger partial charge in [0.15, 0.2) is 0 Å². The second-order valence-corrected chi connectivity index (χ2v) is 7.48. The van der Waals surface area contributed by atoms with Crippen LogP contribution in [-0.4, -0.2) is 17.2 Å². The van der Waals surface area contributed by atoms with Crippen LogP contribution in [0, 0.1) is 23.3 Å². The van der Waals surface area contributed by atoms with Crippen molar-refractivity contribution in [2.45, 2.75) is 13.8 Å². The van der Waals surface area contributed by atoms with Gasteiger partial charge in [0.05, 0.1) is 23.9 Å². The molecule has 0 bridgehead atoms. The second kappa shape index (κ2) is 9.97. The third-order valence-electron chi connectivity index (χ3n) is 5.36. The van der Waals surface area contributed by atoms with E-state index in [9.17, 15) is 17.6 Å². The molecule has 0 amide bonds. The normalized spacial score (nSPS) is 12.3. The average molecular weight is 480 g/mol. The molecule has 0 N–H and O–H groups in total. The van der Waals surface area contributed by atoms with E-state index in [1.807, 2.05) is 0 Å². The number of rotatable bonds is 2. The molecule has 3 aromatic heterocycles. The van der Waals surface area contributed by atoms with Gasteiger partial charge in [-0.2, -0.15) is 0 Å². The molecule has 1 aliphatic rings. The lowest BCUT2D eigenvalue weighted by Crippen LogP contribution is -2.13. The van der Waals surface area contributed by atoms with Crippen molar-refractivity contribution in [3.8, 4) is 11.3 Å². The third kappa shape index (κ3) is 4.73. The molecule has 1 aliphatic heterocycles. The highest BCUT2D eigenvalue weighted by Crippen LogP contribution is 2.29. The lowest BCUT2D eigenvalue weighted by molar-refractivity contribution is 0.508. The van der Waals surface area contributed by atoms with E-state index < -0.39 is 23.3 Å². The minimum atomic E-state index is -0.633. The Morgan fingerprint density at radius 3 is 2.11 bits per heavy atom. The topological polar surface area (TPSA) is 51.5 Å². The zero-order valence-electron chi connectivity index (χ0n) is 17.6. The first-order valence-electron chi connectivity index (χ1n) is 10.4. The maximum absolute atomic E-state index is 13.7. The summed E-state index contributed by atoms with van der Waals surface area (Å²) in [7, 11) is 0.